The number of rotatable bonds is 2. The number of hydrogen-bond acceptors (Lipinski definition) is 1. The van der Waals surface area contributed by atoms with Crippen molar-refractivity contribution in [2.45, 2.75) is 0 Å². The van der Waals surface area contributed by atoms with Gasteiger partial charge in [0.1, 0.15) is 5.82 Å². The standard InChI is InChI=1S/C14H12Cl2FN/c1-18(2)12-6-9(5-11(17)8-12)13-7-10(15)3-4-14(13)16/h3-8H,1-2H3. The van der Waals surface area contributed by atoms with Crippen molar-refractivity contribution in [3.8, 4) is 11.1 Å². The lowest BCUT2D eigenvalue weighted by Crippen LogP contribution is -2.08. The third-order valence-corrected chi connectivity index (χ3v) is 3.20. The summed E-state index contributed by atoms with van der Waals surface area (Å²) >= 11 is 12.1. The summed E-state index contributed by atoms with van der Waals surface area (Å²) in [5.41, 5.74) is 2.22. The Morgan fingerprint density at radius 3 is 2.39 bits per heavy atom. The monoisotopic (exact) mass is 283 g/mol. The van der Waals surface area contributed by atoms with E-state index in [-0.39, 0.29) is 5.82 Å². The first-order chi connectivity index (χ1) is 8.47. The maximum atomic E-state index is 13.6. The van der Waals surface area contributed by atoms with E-state index in [1.54, 1.807) is 18.2 Å². The lowest BCUT2D eigenvalue weighted by Gasteiger charge is -2.15. The van der Waals surface area contributed by atoms with Crippen LogP contribution in [-0.2, 0) is 0 Å². The van der Waals surface area contributed by atoms with Crippen LogP contribution in [-0.4, -0.2) is 14.1 Å². The fraction of sp³-hybridized carbons (Fsp3) is 0.143. The molecular formula is C14H12Cl2FN. The molecule has 0 spiro atoms. The van der Waals surface area contributed by atoms with Crippen molar-refractivity contribution < 1.29 is 4.39 Å². The van der Waals surface area contributed by atoms with Gasteiger partial charge >= 0.3 is 0 Å². The minimum absolute atomic E-state index is 0.299. The molecule has 4 heteroatoms. The Labute approximate surface area is 116 Å². The summed E-state index contributed by atoms with van der Waals surface area (Å²) in [6.45, 7) is 0. The van der Waals surface area contributed by atoms with E-state index in [1.807, 2.05) is 25.1 Å². The maximum absolute atomic E-state index is 13.6. The van der Waals surface area contributed by atoms with Gasteiger partial charge in [0.05, 0.1) is 0 Å². The molecule has 0 heterocycles. The van der Waals surface area contributed by atoms with Crippen LogP contribution in [0.4, 0.5) is 10.1 Å². The number of hydrogen-bond donors (Lipinski definition) is 0. The van der Waals surface area contributed by atoms with Gasteiger partial charge in [-0.1, -0.05) is 23.2 Å². The number of benzene rings is 2. The van der Waals surface area contributed by atoms with E-state index < -0.39 is 0 Å². The smallest absolute Gasteiger partial charge is 0.125 e. The third-order valence-electron chi connectivity index (χ3n) is 2.64. The van der Waals surface area contributed by atoms with Gasteiger partial charge in [-0.15, -0.1) is 0 Å². The summed E-state index contributed by atoms with van der Waals surface area (Å²) in [4.78, 5) is 1.84. The highest BCUT2D eigenvalue weighted by Gasteiger charge is 2.08. The molecule has 0 amide bonds. The summed E-state index contributed by atoms with van der Waals surface area (Å²) in [5, 5.41) is 1.12. The van der Waals surface area contributed by atoms with Crippen molar-refractivity contribution >= 4 is 28.9 Å². The Kier molecular flexibility index (Phi) is 3.79. The summed E-state index contributed by atoms with van der Waals surface area (Å²) < 4.78 is 13.6. The van der Waals surface area contributed by atoms with Crippen LogP contribution in [0, 0.1) is 5.82 Å². The molecular weight excluding hydrogens is 272 g/mol. The van der Waals surface area contributed by atoms with Crippen molar-refractivity contribution in [2.24, 2.45) is 0 Å². The van der Waals surface area contributed by atoms with Crippen molar-refractivity contribution in [3.05, 3.63) is 52.3 Å². The molecule has 0 atom stereocenters. The largest absolute Gasteiger partial charge is 0.378 e. The van der Waals surface area contributed by atoms with Crippen molar-refractivity contribution in [3.63, 3.8) is 0 Å². The molecule has 0 aromatic heterocycles. The van der Waals surface area contributed by atoms with Crippen LogP contribution in [0.25, 0.3) is 11.1 Å². The van der Waals surface area contributed by atoms with E-state index in [2.05, 4.69) is 0 Å². The molecule has 2 aromatic carbocycles. The van der Waals surface area contributed by atoms with Gasteiger partial charge in [0, 0.05) is 35.4 Å². The van der Waals surface area contributed by atoms with Crippen molar-refractivity contribution in [1.82, 2.24) is 0 Å². The van der Waals surface area contributed by atoms with E-state index in [1.165, 1.54) is 12.1 Å². The van der Waals surface area contributed by atoms with Crippen molar-refractivity contribution in [2.75, 3.05) is 19.0 Å². The minimum Gasteiger partial charge on any atom is -0.378 e. The molecule has 0 unspecified atom stereocenters. The van der Waals surface area contributed by atoms with E-state index >= 15 is 0 Å². The zero-order valence-corrected chi connectivity index (χ0v) is 11.6. The summed E-state index contributed by atoms with van der Waals surface area (Å²) in [5.74, 6) is -0.299. The average molecular weight is 284 g/mol. The van der Waals surface area contributed by atoms with Crippen LogP contribution < -0.4 is 4.90 Å². The van der Waals surface area contributed by atoms with Gasteiger partial charge in [0.2, 0.25) is 0 Å². The first kappa shape index (κ1) is 13.2. The first-order valence-corrected chi connectivity index (χ1v) is 6.16. The highest BCUT2D eigenvalue weighted by molar-refractivity contribution is 6.35. The molecule has 0 saturated carbocycles. The second-order valence-electron chi connectivity index (χ2n) is 4.22. The summed E-state index contributed by atoms with van der Waals surface area (Å²) in [7, 11) is 3.72. The fourth-order valence-corrected chi connectivity index (χ4v) is 2.11. The highest BCUT2D eigenvalue weighted by atomic mass is 35.5. The summed E-state index contributed by atoms with van der Waals surface area (Å²) in [6.07, 6.45) is 0. The molecule has 0 N–H and O–H groups in total. The van der Waals surface area contributed by atoms with Crippen LogP contribution in [0.2, 0.25) is 10.0 Å². The number of halogens is 3. The van der Waals surface area contributed by atoms with Crippen molar-refractivity contribution in [1.29, 1.82) is 0 Å². The van der Waals surface area contributed by atoms with Crippen LogP contribution in [0.1, 0.15) is 0 Å². The van der Waals surface area contributed by atoms with Crippen LogP contribution >= 0.6 is 23.2 Å². The number of anilines is 1. The minimum atomic E-state index is -0.299. The molecule has 0 saturated heterocycles. The topological polar surface area (TPSA) is 3.24 Å². The SMILES string of the molecule is CN(C)c1cc(F)cc(-c2cc(Cl)ccc2Cl)c1. The number of nitrogens with zero attached hydrogens (tertiary/aromatic N) is 1. The molecule has 0 aliphatic rings. The molecule has 18 heavy (non-hydrogen) atoms. The van der Waals surface area contributed by atoms with E-state index in [0.717, 1.165) is 11.3 Å². The van der Waals surface area contributed by atoms with Gasteiger partial charge in [-0.25, -0.2) is 4.39 Å². The molecule has 0 fully saturated rings. The van der Waals surface area contributed by atoms with Crippen LogP contribution in [0.5, 0.6) is 0 Å². The molecule has 2 rings (SSSR count). The second kappa shape index (κ2) is 5.17. The molecule has 0 aliphatic carbocycles. The van der Waals surface area contributed by atoms with Gasteiger partial charge < -0.3 is 4.90 Å². The van der Waals surface area contributed by atoms with Gasteiger partial charge in [-0.3, -0.25) is 0 Å². The predicted octanol–water partition coefficient (Wildman–Crippen LogP) is 4.87. The Balaban J connectivity index is 2.60. The Morgan fingerprint density at radius 2 is 1.72 bits per heavy atom. The lowest BCUT2D eigenvalue weighted by atomic mass is 10.0. The normalized spacial score (nSPS) is 10.5. The Morgan fingerprint density at radius 1 is 1.00 bits per heavy atom. The molecule has 2 aromatic rings. The zero-order valence-electron chi connectivity index (χ0n) is 10.0. The molecule has 0 bridgehead atoms. The molecule has 94 valence electrons. The molecule has 0 radical (unpaired) electrons. The van der Waals surface area contributed by atoms with Gasteiger partial charge in [0.15, 0.2) is 0 Å². The van der Waals surface area contributed by atoms with E-state index in [0.29, 0.717) is 15.6 Å². The Hall–Kier alpha value is -1.25. The van der Waals surface area contributed by atoms with Gasteiger partial charge in [-0.2, -0.15) is 0 Å². The predicted molar refractivity (Wildman–Crippen MR) is 76.2 cm³/mol. The highest BCUT2D eigenvalue weighted by Crippen LogP contribution is 2.33. The maximum Gasteiger partial charge on any atom is 0.125 e. The lowest BCUT2D eigenvalue weighted by molar-refractivity contribution is 0.628. The molecule has 0 aliphatic heterocycles. The first-order valence-electron chi connectivity index (χ1n) is 5.41. The summed E-state index contributed by atoms with van der Waals surface area (Å²) in [6, 6.07) is 9.95. The fourth-order valence-electron chi connectivity index (χ4n) is 1.71. The quantitative estimate of drug-likeness (QED) is 0.760. The van der Waals surface area contributed by atoms with Crippen LogP contribution in [0.15, 0.2) is 36.4 Å². The van der Waals surface area contributed by atoms with Crippen LogP contribution in [0.3, 0.4) is 0 Å². The van der Waals surface area contributed by atoms with Gasteiger partial charge in [-0.05, 0) is 42.0 Å². The third kappa shape index (κ3) is 2.77. The van der Waals surface area contributed by atoms with Gasteiger partial charge in [0.25, 0.3) is 0 Å². The molecule has 1 nitrogen and oxygen atoms in total. The van der Waals surface area contributed by atoms with E-state index in [4.69, 9.17) is 23.2 Å². The Bertz CT molecular complexity index is 582. The average Bonchev–Trinajstić information content (AvgIpc) is 2.31. The zero-order chi connectivity index (χ0) is 13.3. The van der Waals surface area contributed by atoms with E-state index in [9.17, 15) is 4.39 Å². The second-order valence-corrected chi connectivity index (χ2v) is 5.06.